The number of carbonyl (C=O) groups excluding carboxylic acids is 1. The van der Waals surface area contributed by atoms with E-state index < -0.39 is 10.0 Å². The van der Waals surface area contributed by atoms with E-state index in [0.717, 1.165) is 5.56 Å². The summed E-state index contributed by atoms with van der Waals surface area (Å²) in [5.41, 5.74) is 1.23. The first-order valence-corrected chi connectivity index (χ1v) is 8.25. The van der Waals surface area contributed by atoms with Gasteiger partial charge >= 0.3 is 0 Å². The minimum Gasteiger partial charge on any atom is -0.278 e. The molecule has 1 aliphatic heterocycles. The Kier molecular flexibility index (Phi) is 3.50. The number of anilines is 1. The molecular formula is C15H11ClN2O3S. The van der Waals surface area contributed by atoms with Gasteiger partial charge in [-0.2, -0.15) is 0 Å². The molecule has 0 radical (unpaired) electrons. The lowest BCUT2D eigenvalue weighted by atomic mass is 10.2. The van der Waals surface area contributed by atoms with Gasteiger partial charge in [0.25, 0.3) is 15.9 Å². The Bertz CT molecular complexity index is 1010. The predicted molar refractivity (Wildman–Crippen MR) is 83.7 cm³/mol. The SMILES string of the molecule is Cc1ccc(NS(=O)(=O)c2ccc3c(c2)=CC(=O)N=3)c(Cl)c1. The summed E-state index contributed by atoms with van der Waals surface area (Å²) in [5, 5.41) is 1.28. The zero-order valence-electron chi connectivity index (χ0n) is 11.5. The fourth-order valence-corrected chi connectivity index (χ4v) is 3.56. The van der Waals surface area contributed by atoms with Crippen LogP contribution in [0.2, 0.25) is 5.02 Å². The number of amides is 1. The highest BCUT2D eigenvalue weighted by Crippen LogP contribution is 2.25. The highest BCUT2D eigenvalue weighted by molar-refractivity contribution is 7.92. The summed E-state index contributed by atoms with van der Waals surface area (Å²) in [6.07, 6.45) is 1.30. The van der Waals surface area contributed by atoms with E-state index in [4.69, 9.17) is 11.6 Å². The Morgan fingerprint density at radius 2 is 1.91 bits per heavy atom. The van der Waals surface area contributed by atoms with Crippen molar-refractivity contribution >= 4 is 39.3 Å². The molecule has 0 unspecified atom stereocenters. The quantitative estimate of drug-likeness (QED) is 0.921. The molecule has 22 heavy (non-hydrogen) atoms. The van der Waals surface area contributed by atoms with Crippen LogP contribution in [0.1, 0.15) is 5.56 Å². The lowest BCUT2D eigenvalue weighted by Crippen LogP contribution is -2.24. The molecule has 1 N–H and O–H groups in total. The summed E-state index contributed by atoms with van der Waals surface area (Å²) in [5.74, 6) is -0.390. The van der Waals surface area contributed by atoms with Crippen LogP contribution in [0, 0.1) is 6.92 Å². The third-order valence-corrected chi connectivity index (χ3v) is 4.86. The lowest BCUT2D eigenvalue weighted by Gasteiger charge is -2.10. The summed E-state index contributed by atoms with van der Waals surface area (Å²) in [6, 6.07) is 9.36. The number of benzene rings is 2. The van der Waals surface area contributed by atoms with E-state index in [1.165, 1.54) is 24.3 Å². The summed E-state index contributed by atoms with van der Waals surface area (Å²) in [7, 11) is -3.80. The molecule has 1 heterocycles. The Labute approximate surface area is 132 Å². The molecule has 2 aromatic carbocycles. The minimum absolute atomic E-state index is 0.0454. The zero-order chi connectivity index (χ0) is 15.9. The fourth-order valence-electron chi connectivity index (χ4n) is 2.11. The number of hydrogen-bond acceptors (Lipinski definition) is 3. The van der Waals surface area contributed by atoms with Crippen LogP contribution >= 0.6 is 11.6 Å². The molecule has 0 fully saturated rings. The third kappa shape index (κ3) is 2.75. The molecule has 0 aromatic heterocycles. The summed E-state index contributed by atoms with van der Waals surface area (Å²) in [4.78, 5) is 15.0. The molecule has 7 heteroatoms. The molecule has 0 saturated carbocycles. The smallest absolute Gasteiger partial charge is 0.270 e. The Morgan fingerprint density at radius 3 is 2.64 bits per heavy atom. The largest absolute Gasteiger partial charge is 0.278 e. The maximum atomic E-state index is 12.4. The topological polar surface area (TPSA) is 75.6 Å². The van der Waals surface area contributed by atoms with Gasteiger partial charge in [-0.1, -0.05) is 17.7 Å². The van der Waals surface area contributed by atoms with E-state index in [9.17, 15) is 13.2 Å². The standard InChI is InChI=1S/C15H11ClN2O3S/c1-9-2-4-14(12(16)6-9)18-22(20,21)11-3-5-13-10(7-11)8-15(19)17-13/h2-8,18H,1H3. The molecule has 0 spiro atoms. The van der Waals surface area contributed by atoms with Crippen molar-refractivity contribution in [3.8, 4) is 0 Å². The predicted octanol–water partition coefficient (Wildman–Crippen LogP) is 1.39. The van der Waals surface area contributed by atoms with Crippen LogP contribution in [-0.4, -0.2) is 14.3 Å². The maximum absolute atomic E-state index is 12.4. The number of fused-ring (bicyclic) bond motifs is 1. The molecule has 1 amide bonds. The molecule has 3 rings (SSSR count). The van der Waals surface area contributed by atoms with Crippen molar-refractivity contribution in [3.63, 3.8) is 0 Å². The van der Waals surface area contributed by atoms with Gasteiger partial charge < -0.3 is 0 Å². The van der Waals surface area contributed by atoms with E-state index in [-0.39, 0.29) is 10.8 Å². The van der Waals surface area contributed by atoms with Crippen molar-refractivity contribution in [1.82, 2.24) is 0 Å². The molecule has 0 bridgehead atoms. The van der Waals surface area contributed by atoms with Gasteiger partial charge in [-0.3, -0.25) is 9.52 Å². The van der Waals surface area contributed by atoms with Crippen LogP contribution in [0.15, 0.2) is 46.3 Å². The zero-order valence-corrected chi connectivity index (χ0v) is 13.1. The minimum atomic E-state index is -3.80. The van der Waals surface area contributed by atoms with Gasteiger partial charge in [0.15, 0.2) is 0 Å². The van der Waals surface area contributed by atoms with Gasteiger partial charge in [0.2, 0.25) is 0 Å². The van der Waals surface area contributed by atoms with Gasteiger partial charge in [0.1, 0.15) is 0 Å². The second kappa shape index (κ2) is 5.23. The van der Waals surface area contributed by atoms with Gasteiger partial charge in [0.05, 0.1) is 21.0 Å². The Morgan fingerprint density at radius 1 is 1.14 bits per heavy atom. The molecule has 0 saturated heterocycles. The van der Waals surface area contributed by atoms with Gasteiger partial charge in [-0.05, 0) is 42.8 Å². The number of carbonyl (C=O) groups is 1. The molecular weight excluding hydrogens is 324 g/mol. The number of sulfonamides is 1. The van der Waals surface area contributed by atoms with Crippen LogP contribution < -0.4 is 15.3 Å². The van der Waals surface area contributed by atoms with Crippen LogP contribution in [0.5, 0.6) is 0 Å². The van der Waals surface area contributed by atoms with E-state index >= 15 is 0 Å². The summed E-state index contributed by atoms with van der Waals surface area (Å²) >= 11 is 6.04. The normalized spacial score (nSPS) is 13.3. The second-order valence-corrected chi connectivity index (χ2v) is 6.99. The van der Waals surface area contributed by atoms with Crippen molar-refractivity contribution in [2.24, 2.45) is 4.99 Å². The average molecular weight is 335 g/mol. The molecule has 2 aromatic rings. The Hall–Kier alpha value is -2.18. The first-order chi connectivity index (χ1) is 10.3. The Balaban J connectivity index is 2.01. The van der Waals surface area contributed by atoms with Crippen molar-refractivity contribution in [1.29, 1.82) is 0 Å². The number of aryl methyl sites for hydroxylation is 1. The highest BCUT2D eigenvalue weighted by Gasteiger charge is 2.17. The number of nitrogens with one attached hydrogen (secondary N) is 1. The molecule has 0 aliphatic carbocycles. The van der Waals surface area contributed by atoms with Crippen LogP contribution in [0.25, 0.3) is 6.08 Å². The second-order valence-electron chi connectivity index (χ2n) is 4.90. The first-order valence-electron chi connectivity index (χ1n) is 6.39. The third-order valence-electron chi connectivity index (χ3n) is 3.19. The van der Waals surface area contributed by atoms with E-state index in [0.29, 0.717) is 21.3 Å². The molecule has 112 valence electrons. The van der Waals surface area contributed by atoms with Gasteiger partial charge in [-0.15, -0.1) is 0 Å². The van der Waals surface area contributed by atoms with Gasteiger partial charge in [-0.25, -0.2) is 13.4 Å². The lowest BCUT2D eigenvalue weighted by molar-refractivity contribution is -0.112. The summed E-state index contributed by atoms with van der Waals surface area (Å²) < 4.78 is 27.3. The van der Waals surface area contributed by atoms with Crippen LogP contribution in [0.4, 0.5) is 5.69 Å². The van der Waals surface area contributed by atoms with E-state index in [1.54, 1.807) is 18.2 Å². The van der Waals surface area contributed by atoms with Gasteiger partial charge in [0, 0.05) is 11.3 Å². The summed E-state index contributed by atoms with van der Waals surface area (Å²) in [6.45, 7) is 1.86. The van der Waals surface area contributed by atoms with Crippen molar-refractivity contribution in [2.45, 2.75) is 11.8 Å². The highest BCUT2D eigenvalue weighted by atomic mass is 35.5. The molecule has 1 aliphatic rings. The van der Waals surface area contributed by atoms with Crippen molar-refractivity contribution in [2.75, 3.05) is 4.72 Å². The number of hydrogen-bond donors (Lipinski definition) is 1. The van der Waals surface area contributed by atoms with Crippen molar-refractivity contribution in [3.05, 3.63) is 57.6 Å². The number of nitrogens with zero attached hydrogens (tertiary/aromatic N) is 1. The van der Waals surface area contributed by atoms with Crippen LogP contribution in [-0.2, 0) is 14.8 Å². The van der Waals surface area contributed by atoms with E-state index in [1.807, 2.05) is 6.92 Å². The van der Waals surface area contributed by atoms with E-state index in [2.05, 4.69) is 9.71 Å². The average Bonchev–Trinajstić information content (AvgIpc) is 2.81. The first kappa shape index (κ1) is 14.7. The maximum Gasteiger partial charge on any atom is 0.270 e. The monoisotopic (exact) mass is 334 g/mol. The molecule has 0 atom stereocenters. The number of rotatable bonds is 3. The number of halogens is 1. The van der Waals surface area contributed by atoms with Crippen molar-refractivity contribution < 1.29 is 13.2 Å². The fraction of sp³-hybridized carbons (Fsp3) is 0.0667. The van der Waals surface area contributed by atoms with Crippen LogP contribution in [0.3, 0.4) is 0 Å². The molecule has 5 nitrogen and oxygen atoms in total.